The third kappa shape index (κ3) is 2.60. The lowest BCUT2D eigenvalue weighted by atomic mass is 10.1. The van der Waals surface area contributed by atoms with Crippen LogP contribution in [0.4, 0.5) is 0 Å². The van der Waals surface area contributed by atoms with Crippen molar-refractivity contribution in [2.75, 3.05) is 6.61 Å². The predicted molar refractivity (Wildman–Crippen MR) is 66.0 cm³/mol. The molecule has 18 heavy (non-hydrogen) atoms. The van der Waals surface area contributed by atoms with Crippen molar-refractivity contribution in [3.05, 3.63) is 47.0 Å². The third-order valence-corrected chi connectivity index (χ3v) is 3.15. The second-order valence-corrected chi connectivity index (χ2v) is 4.31. The van der Waals surface area contributed by atoms with E-state index in [0.717, 1.165) is 5.56 Å². The molecule has 1 saturated heterocycles. The Morgan fingerprint density at radius 2 is 1.94 bits per heavy atom. The summed E-state index contributed by atoms with van der Waals surface area (Å²) in [6.45, 7) is 3.73. The Labute approximate surface area is 106 Å². The average molecular weight is 248 g/mol. The molecule has 0 spiro atoms. The highest BCUT2D eigenvalue weighted by molar-refractivity contribution is 5.86. The van der Waals surface area contributed by atoms with E-state index in [1.165, 1.54) is 0 Å². The molecule has 1 aromatic carbocycles. The molecule has 2 rings (SSSR count). The zero-order valence-corrected chi connectivity index (χ0v) is 10.4. The molecule has 96 valence electrons. The van der Waals surface area contributed by atoms with Crippen LogP contribution in [0.3, 0.4) is 0 Å². The highest BCUT2D eigenvalue weighted by Gasteiger charge is 2.29. The van der Waals surface area contributed by atoms with Crippen molar-refractivity contribution in [3.8, 4) is 0 Å². The summed E-state index contributed by atoms with van der Waals surface area (Å²) in [4.78, 5) is 10.9. The third-order valence-electron chi connectivity index (χ3n) is 3.15. The van der Waals surface area contributed by atoms with Crippen molar-refractivity contribution < 1.29 is 19.4 Å². The smallest absolute Gasteiger partial charge is 0.331 e. The fourth-order valence-electron chi connectivity index (χ4n) is 1.82. The second-order valence-electron chi connectivity index (χ2n) is 4.31. The number of rotatable bonds is 3. The number of benzene rings is 1. The summed E-state index contributed by atoms with van der Waals surface area (Å²) < 4.78 is 11.3. The fraction of sp³-hybridized carbons (Fsp3) is 0.357. The van der Waals surface area contributed by atoms with Gasteiger partial charge in [0.1, 0.15) is 6.10 Å². The van der Waals surface area contributed by atoms with E-state index in [1.807, 2.05) is 30.3 Å². The van der Waals surface area contributed by atoms with E-state index in [4.69, 9.17) is 14.6 Å². The number of aliphatic carboxylic acids is 1. The minimum absolute atomic E-state index is 0.286. The maximum Gasteiger partial charge on any atom is 0.331 e. The number of carboxylic acids is 1. The van der Waals surface area contributed by atoms with Gasteiger partial charge in [-0.05, 0) is 19.4 Å². The summed E-state index contributed by atoms with van der Waals surface area (Å²) in [5, 5.41) is 8.94. The molecule has 0 saturated carbocycles. The van der Waals surface area contributed by atoms with Gasteiger partial charge in [0, 0.05) is 11.1 Å². The molecule has 1 aromatic rings. The van der Waals surface area contributed by atoms with Gasteiger partial charge in [-0.15, -0.1) is 0 Å². The summed E-state index contributed by atoms with van der Waals surface area (Å²) in [6, 6.07) is 9.61. The van der Waals surface area contributed by atoms with Crippen molar-refractivity contribution in [2.24, 2.45) is 0 Å². The summed E-state index contributed by atoms with van der Waals surface area (Å²) in [5.41, 5.74) is 1.97. The molecule has 1 aliphatic heterocycles. The lowest BCUT2D eigenvalue weighted by Crippen LogP contribution is -2.15. The van der Waals surface area contributed by atoms with Gasteiger partial charge in [0.2, 0.25) is 0 Å². The highest BCUT2D eigenvalue weighted by Crippen LogP contribution is 2.30. The molecule has 2 unspecified atom stereocenters. The van der Waals surface area contributed by atoms with Crippen LogP contribution in [-0.4, -0.2) is 23.8 Å². The van der Waals surface area contributed by atoms with Gasteiger partial charge in [-0.1, -0.05) is 30.3 Å². The molecule has 0 aliphatic carbocycles. The number of hydrogen-bond acceptors (Lipinski definition) is 3. The molecule has 0 aromatic heterocycles. The lowest BCUT2D eigenvalue weighted by molar-refractivity contribution is -0.132. The Hall–Kier alpha value is -1.65. The molecule has 0 amide bonds. The first-order valence-electron chi connectivity index (χ1n) is 5.82. The van der Waals surface area contributed by atoms with E-state index >= 15 is 0 Å². The maximum absolute atomic E-state index is 10.9. The van der Waals surface area contributed by atoms with Gasteiger partial charge in [-0.3, -0.25) is 0 Å². The van der Waals surface area contributed by atoms with Gasteiger partial charge in [0.15, 0.2) is 6.29 Å². The van der Waals surface area contributed by atoms with E-state index in [9.17, 15) is 4.79 Å². The lowest BCUT2D eigenvalue weighted by Gasteiger charge is -2.13. The van der Waals surface area contributed by atoms with Crippen molar-refractivity contribution in [3.63, 3.8) is 0 Å². The summed E-state index contributed by atoms with van der Waals surface area (Å²) in [5.74, 6) is -0.917. The van der Waals surface area contributed by atoms with E-state index in [1.54, 1.807) is 13.8 Å². The molecular formula is C14H16O4. The molecule has 0 radical (unpaired) electrons. The molecule has 0 bridgehead atoms. The van der Waals surface area contributed by atoms with Crippen LogP contribution in [0, 0.1) is 0 Å². The van der Waals surface area contributed by atoms with Gasteiger partial charge < -0.3 is 14.6 Å². The standard InChI is InChI=1S/C14H16O4/c1-9(10(2)13(15)16)12-8-17-14(18-12)11-6-4-3-5-7-11/h3-7,12,14H,8H2,1-2H3,(H,15,16)/b10-9+. The summed E-state index contributed by atoms with van der Waals surface area (Å²) in [6.07, 6.45) is -0.695. The molecule has 1 aliphatic rings. The van der Waals surface area contributed by atoms with Crippen LogP contribution >= 0.6 is 0 Å². The normalized spacial score (nSPS) is 24.8. The molecule has 4 heteroatoms. The molecule has 1 heterocycles. The Kier molecular flexibility index (Phi) is 3.79. The van der Waals surface area contributed by atoms with Gasteiger partial charge in [-0.25, -0.2) is 4.79 Å². The molecule has 4 nitrogen and oxygen atoms in total. The Morgan fingerprint density at radius 3 is 2.56 bits per heavy atom. The molecular weight excluding hydrogens is 232 g/mol. The quantitative estimate of drug-likeness (QED) is 0.835. The van der Waals surface area contributed by atoms with Crippen LogP contribution in [0.5, 0.6) is 0 Å². The monoisotopic (exact) mass is 248 g/mol. The van der Waals surface area contributed by atoms with Gasteiger partial charge in [0.05, 0.1) is 6.61 Å². The maximum atomic E-state index is 10.9. The van der Waals surface area contributed by atoms with Crippen LogP contribution < -0.4 is 0 Å². The van der Waals surface area contributed by atoms with Crippen molar-refractivity contribution in [1.29, 1.82) is 0 Å². The summed E-state index contributed by atoms with van der Waals surface area (Å²) in [7, 11) is 0. The van der Waals surface area contributed by atoms with Gasteiger partial charge >= 0.3 is 5.97 Å². The minimum atomic E-state index is -0.917. The van der Waals surface area contributed by atoms with Crippen molar-refractivity contribution in [2.45, 2.75) is 26.2 Å². The van der Waals surface area contributed by atoms with E-state index in [2.05, 4.69) is 0 Å². The number of carbonyl (C=O) groups is 1. The highest BCUT2D eigenvalue weighted by atomic mass is 16.7. The van der Waals surface area contributed by atoms with Crippen LogP contribution in [0.25, 0.3) is 0 Å². The first-order chi connectivity index (χ1) is 8.59. The Bertz CT molecular complexity index is 464. The summed E-state index contributed by atoms with van der Waals surface area (Å²) >= 11 is 0. The average Bonchev–Trinajstić information content (AvgIpc) is 2.87. The van der Waals surface area contributed by atoms with Crippen molar-refractivity contribution in [1.82, 2.24) is 0 Å². The first kappa shape index (κ1) is 12.8. The van der Waals surface area contributed by atoms with Crippen LogP contribution in [-0.2, 0) is 14.3 Å². The zero-order chi connectivity index (χ0) is 13.1. The fourth-order valence-corrected chi connectivity index (χ4v) is 1.82. The number of hydrogen-bond donors (Lipinski definition) is 1. The Balaban J connectivity index is 2.10. The first-order valence-corrected chi connectivity index (χ1v) is 5.82. The molecule has 1 fully saturated rings. The molecule has 1 N–H and O–H groups in total. The topological polar surface area (TPSA) is 55.8 Å². The van der Waals surface area contributed by atoms with E-state index in [-0.39, 0.29) is 6.10 Å². The van der Waals surface area contributed by atoms with Gasteiger partial charge in [0.25, 0.3) is 0 Å². The minimum Gasteiger partial charge on any atom is -0.478 e. The molecule has 2 atom stereocenters. The van der Waals surface area contributed by atoms with Crippen LogP contribution in [0.1, 0.15) is 25.7 Å². The van der Waals surface area contributed by atoms with Gasteiger partial charge in [-0.2, -0.15) is 0 Å². The van der Waals surface area contributed by atoms with E-state index < -0.39 is 12.3 Å². The van der Waals surface area contributed by atoms with Crippen molar-refractivity contribution >= 4 is 5.97 Å². The zero-order valence-electron chi connectivity index (χ0n) is 10.4. The Morgan fingerprint density at radius 1 is 1.28 bits per heavy atom. The predicted octanol–water partition coefficient (Wildman–Crippen LogP) is 2.52. The van der Waals surface area contributed by atoms with Crippen LogP contribution in [0.2, 0.25) is 0 Å². The number of carboxylic acid groups (broad SMARTS) is 1. The largest absolute Gasteiger partial charge is 0.478 e. The van der Waals surface area contributed by atoms with Crippen LogP contribution in [0.15, 0.2) is 41.5 Å². The second kappa shape index (κ2) is 5.33. The van der Waals surface area contributed by atoms with E-state index in [0.29, 0.717) is 17.8 Å². The number of ether oxygens (including phenoxy) is 2. The SMILES string of the molecule is C/C(C(=O)O)=C(/C)C1COC(c2ccccc2)O1.